The van der Waals surface area contributed by atoms with E-state index in [2.05, 4.69) is 4.98 Å². The number of ketones is 1. The first-order chi connectivity index (χ1) is 15.8. The van der Waals surface area contributed by atoms with Gasteiger partial charge in [-0.05, 0) is 24.1 Å². The summed E-state index contributed by atoms with van der Waals surface area (Å²) in [4.78, 5) is 31.1. The smallest absolute Gasteiger partial charge is 0.416 e. The molecule has 33 heavy (non-hydrogen) atoms. The van der Waals surface area contributed by atoms with E-state index < -0.39 is 29.5 Å². The topological polar surface area (TPSA) is 75.4 Å². The lowest BCUT2D eigenvalue weighted by molar-refractivity contribution is -0.140. The van der Waals surface area contributed by atoms with Crippen molar-refractivity contribution >= 4 is 17.4 Å². The van der Waals surface area contributed by atoms with E-state index in [4.69, 9.17) is 0 Å². The lowest BCUT2D eigenvalue weighted by Crippen LogP contribution is -2.31. The summed E-state index contributed by atoms with van der Waals surface area (Å²) >= 11 is 0. The molecule has 6 nitrogen and oxygen atoms in total. The number of hydrogen-bond donors (Lipinski definition) is 1. The molecule has 0 bridgehead atoms. The third kappa shape index (κ3) is 4.52. The zero-order valence-electron chi connectivity index (χ0n) is 17.4. The van der Waals surface area contributed by atoms with Crippen molar-refractivity contribution in [1.29, 1.82) is 0 Å². The van der Waals surface area contributed by atoms with E-state index in [1.54, 1.807) is 49.1 Å². The highest BCUT2D eigenvalue weighted by Gasteiger charge is 2.46. The monoisotopic (exact) mass is 455 g/mol. The Hall–Kier alpha value is -3.88. The summed E-state index contributed by atoms with van der Waals surface area (Å²) in [5, 5.41) is 10.9. The summed E-state index contributed by atoms with van der Waals surface area (Å²) in [6, 6.07) is 11.5. The van der Waals surface area contributed by atoms with Crippen molar-refractivity contribution in [2.45, 2.75) is 25.2 Å². The third-order valence-corrected chi connectivity index (χ3v) is 5.52. The lowest BCUT2D eigenvalue weighted by atomic mass is 9.94. The number of alkyl halides is 3. The van der Waals surface area contributed by atoms with Gasteiger partial charge >= 0.3 is 6.18 Å². The predicted molar refractivity (Wildman–Crippen MR) is 114 cm³/mol. The molecule has 1 fully saturated rings. The number of imidazole rings is 1. The van der Waals surface area contributed by atoms with Gasteiger partial charge in [-0.1, -0.05) is 42.5 Å². The van der Waals surface area contributed by atoms with Crippen molar-refractivity contribution in [3.05, 3.63) is 95.6 Å². The molecule has 1 atom stereocenters. The number of benzene rings is 2. The molecule has 0 aliphatic carbocycles. The average molecular weight is 455 g/mol. The largest absolute Gasteiger partial charge is 0.507 e. The third-order valence-electron chi connectivity index (χ3n) is 5.52. The van der Waals surface area contributed by atoms with Crippen molar-refractivity contribution in [1.82, 2.24) is 14.5 Å². The Kier molecular flexibility index (Phi) is 6.04. The number of hydrogen-bond acceptors (Lipinski definition) is 4. The van der Waals surface area contributed by atoms with Gasteiger partial charge in [0.25, 0.3) is 11.7 Å². The normalized spacial score (nSPS) is 18.2. The first-order valence-electron chi connectivity index (χ1n) is 10.2. The van der Waals surface area contributed by atoms with Gasteiger partial charge in [0.15, 0.2) is 0 Å². The number of aryl methyl sites for hydroxylation is 1. The second-order valence-electron chi connectivity index (χ2n) is 7.63. The van der Waals surface area contributed by atoms with Crippen molar-refractivity contribution in [2.75, 3.05) is 6.54 Å². The fourth-order valence-electron chi connectivity index (χ4n) is 3.91. The molecule has 0 saturated carbocycles. The minimum absolute atomic E-state index is 0.145. The molecule has 1 aliphatic heterocycles. The fraction of sp³-hybridized carbons (Fsp3) is 0.208. The van der Waals surface area contributed by atoms with E-state index in [1.165, 1.54) is 17.0 Å². The molecule has 0 radical (unpaired) electrons. The molecule has 9 heteroatoms. The molecule has 0 spiro atoms. The zero-order valence-corrected chi connectivity index (χ0v) is 17.4. The van der Waals surface area contributed by atoms with Gasteiger partial charge in [0.05, 0.1) is 23.5 Å². The summed E-state index contributed by atoms with van der Waals surface area (Å²) in [6.45, 7) is 0.696. The van der Waals surface area contributed by atoms with E-state index in [9.17, 15) is 27.9 Å². The molecule has 1 saturated heterocycles. The number of nitrogens with zero attached hydrogens (tertiary/aromatic N) is 3. The van der Waals surface area contributed by atoms with Crippen molar-refractivity contribution < 1.29 is 27.9 Å². The van der Waals surface area contributed by atoms with E-state index in [0.29, 0.717) is 24.1 Å². The summed E-state index contributed by atoms with van der Waals surface area (Å²) in [6.07, 6.45) is 0.961. The zero-order chi connectivity index (χ0) is 23.6. The summed E-state index contributed by atoms with van der Waals surface area (Å²) in [5.74, 6) is -2.04. The SMILES string of the molecule is O=C1C(=O)N(CCCn2ccnc2)C(c2ccc(C(F)(F)F)cc2)C1=C(O)c1ccccc1. The Labute approximate surface area is 187 Å². The first-order valence-corrected chi connectivity index (χ1v) is 10.2. The molecule has 1 aliphatic rings. The highest BCUT2D eigenvalue weighted by Crippen LogP contribution is 2.40. The summed E-state index contributed by atoms with van der Waals surface area (Å²) in [7, 11) is 0. The molecule has 1 N–H and O–H groups in total. The van der Waals surface area contributed by atoms with Gasteiger partial charge in [0.2, 0.25) is 0 Å². The first kappa shape index (κ1) is 22.3. The maximum Gasteiger partial charge on any atom is 0.416 e. The van der Waals surface area contributed by atoms with E-state index in [1.807, 2.05) is 4.57 Å². The van der Waals surface area contributed by atoms with Crippen LogP contribution in [0, 0.1) is 0 Å². The molecule has 3 aromatic rings. The minimum atomic E-state index is -4.52. The van der Waals surface area contributed by atoms with Gasteiger partial charge < -0.3 is 14.6 Å². The highest BCUT2D eigenvalue weighted by molar-refractivity contribution is 6.46. The Balaban J connectivity index is 1.73. The Morgan fingerprint density at radius 1 is 1.00 bits per heavy atom. The molecule has 2 aromatic carbocycles. The van der Waals surface area contributed by atoms with Crippen LogP contribution in [-0.4, -0.2) is 37.8 Å². The minimum Gasteiger partial charge on any atom is -0.507 e. The van der Waals surface area contributed by atoms with Crippen LogP contribution in [0.1, 0.15) is 29.2 Å². The van der Waals surface area contributed by atoms with Gasteiger partial charge in [-0.15, -0.1) is 0 Å². The second kappa shape index (κ2) is 8.93. The number of Topliss-reactive ketones (excluding diaryl/α,β-unsaturated/α-hetero) is 1. The van der Waals surface area contributed by atoms with E-state index in [0.717, 1.165) is 12.1 Å². The Bertz CT molecular complexity index is 1170. The van der Waals surface area contributed by atoms with Crippen molar-refractivity contribution in [3.8, 4) is 0 Å². The molecular formula is C24H20F3N3O3. The highest BCUT2D eigenvalue weighted by atomic mass is 19.4. The number of rotatable bonds is 6. The van der Waals surface area contributed by atoms with Crippen LogP contribution in [-0.2, 0) is 22.3 Å². The van der Waals surface area contributed by atoms with Crippen LogP contribution in [0.15, 0.2) is 78.9 Å². The number of aromatic nitrogens is 2. The van der Waals surface area contributed by atoms with Crippen molar-refractivity contribution in [2.24, 2.45) is 0 Å². The molecule has 2 heterocycles. The van der Waals surface area contributed by atoms with Crippen LogP contribution in [0.25, 0.3) is 5.76 Å². The standard InChI is InChI=1S/C24H20F3N3O3/c25-24(26,27)18-9-7-16(8-10-18)20-19(21(31)17-5-2-1-3-6-17)22(32)23(33)30(20)13-4-12-29-14-11-28-15-29/h1-3,5-11,14-15,20,31H,4,12-13H2. The van der Waals surface area contributed by atoms with Crippen LogP contribution >= 0.6 is 0 Å². The molecule has 4 rings (SSSR count). The Morgan fingerprint density at radius 3 is 2.30 bits per heavy atom. The molecule has 1 aromatic heterocycles. The quantitative estimate of drug-likeness (QED) is 0.339. The molecule has 1 unspecified atom stereocenters. The fourth-order valence-corrected chi connectivity index (χ4v) is 3.91. The van der Waals surface area contributed by atoms with Crippen LogP contribution in [0.4, 0.5) is 13.2 Å². The lowest BCUT2D eigenvalue weighted by Gasteiger charge is -2.25. The van der Waals surface area contributed by atoms with Crippen molar-refractivity contribution in [3.63, 3.8) is 0 Å². The van der Waals surface area contributed by atoms with Gasteiger partial charge in [0.1, 0.15) is 5.76 Å². The summed E-state index contributed by atoms with van der Waals surface area (Å²) < 4.78 is 41.0. The van der Waals surface area contributed by atoms with E-state index >= 15 is 0 Å². The van der Waals surface area contributed by atoms with Crippen LogP contribution in [0.5, 0.6) is 0 Å². The number of carbonyl (C=O) groups is 2. The maximum absolute atomic E-state index is 13.0. The van der Waals surface area contributed by atoms with Gasteiger partial charge in [-0.2, -0.15) is 13.2 Å². The Morgan fingerprint density at radius 2 is 1.70 bits per heavy atom. The van der Waals surface area contributed by atoms with E-state index in [-0.39, 0.29) is 17.9 Å². The summed E-state index contributed by atoms with van der Waals surface area (Å²) in [5.41, 5.74) is -0.340. The van der Waals surface area contributed by atoms with Crippen LogP contribution < -0.4 is 0 Å². The molecular weight excluding hydrogens is 435 g/mol. The second-order valence-corrected chi connectivity index (χ2v) is 7.63. The number of amides is 1. The molecule has 170 valence electrons. The number of carbonyl (C=O) groups excluding carboxylic acids is 2. The van der Waals surface area contributed by atoms with Crippen LogP contribution in [0.3, 0.4) is 0 Å². The number of halogens is 3. The van der Waals surface area contributed by atoms with Gasteiger partial charge in [0, 0.05) is 31.0 Å². The number of aliphatic hydroxyl groups is 1. The van der Waals surface area contributed by atoms with Gasteiger partial charge in [-0.25, -0.2) is 4.98 Å². The number of likely N-dealkylation sites (tertiary alicyclic amines) is 1. The molecule has 1 amide bonds. The van der Waals surface area contributed by atoms with Crippen LogP contribution in [0.2, 0.25) is 0 Å². The number of aliphatic hydroxyl groups excluding tert-OH is 1. The van der Waals surface area contributed by atoms with Gasteiger partial charge in [-0.3, -0.25) is 9.59 Å². The average Bonchev–Trinajstić information content (AvgIpc) is 3.41. The predicted octanol–water partition coefficient (Wildman–Crippen LogP) is 4.41. The maximum atomic E-state index is 13.0.